The van der Waals surface area contributed by atoms with Gasteiger partial charge in [-0.2, -0.15) is 0 Å². The number of ether oxygens (including phenoxy) is 1. The van der Waals surface area contributed by atoms with Gasteiger partial charge in [0.15, 0.2) is 0 Å². The summed E-state index contributed by atoms with van der Waals surface area (Å²) in [6, 6.07) is 0. The summed E-state index contributed by atoms with van der Waals surface area (Å²) in [7, 11) is 1.67. The number of rotatable bonds is 6. The summed E-state index contributed by atoms with van der Waals surface area (Å²) in [5.74, 6) is 0.789. The first-order valence-electron chi connectivity index (χ1n) is 8.56. The molecule has 4 nitrogen and oxygen atoms in total. The molecule has 1 saturated heterocycles. The minimum atomic E-state index is -0.608. The molecule has 0 aromatic heterocycles. The van der Waals surface area contributed by atoms with Crippen molar-refractivity contribution >= 4 is 5.91 Å². The first kappa shape index (κ1) is 16.8. The highest BCUT2D eigenvalue weighted by Crippen LogP contribution is 2.42. The highest BCUT2D eigenvalue weighted by atomic mass is 16.5. The average molecular weight is 296 g/mol. The number of piperidine rings is 1. The van der Waals surface area contributed by atoms with Crippen molar-refractivity contribution in [3.05, 3.63) is 0 Å². The second-order valence-corrected chi connectivity index (χ2v) is 7.44. The van der Waals surface area contributed by atoms with Crippen molar-refractivity contribution in [1.82, 2.24) is 10.6 Å². The van der Waals surface area contributed by atoms with Crippen LogP contribution in [0.1, 0.15) is 58.8 Å². The number of amides is 1. The fourth-order valence-electron chi connectivity index (χ4n) is 4.23. The summed E-state index contributed by atoms with van der Waals surface area (Å²) in [5.41, 5.74) is -0.283. The first-order chi connectivity index (χ1) is 10.0. The average Bonchev–Trinajstić information content (AvgIpc) is 2.93. The third kappa shape index (κ3) is 3.98. The van der Waals surface area contributed by atoms with Crippen LogP contribution in [0.15, 0.2) is 0 Å². The summed E-state index contributed by atoms with van der Waals surface area (Å²) >= 11 is 0. The number of methoxy groups -OCH3 is 1. The van der Waals surface area contributed by atoms with Crippen LogP contribution in [-0.4, -0.2) is 38.3 Å². The van der Waals surface area contributed by atoms with Crippen molar-refractivity contribution in [2.75, 3.05) is 26.7 Å². The zero-order valence-corrected chi connectivity index (χ0v) is 14.0. The van der Waals surface area contributed by atoms with Crippen LogP contribution in [0, 0.1) is 11.3 Å². The molecule has 1 aliphatic carbocycles. The lowest BCUT2D eigenvalue weighted by atomic mass is 9.78. The fourth-order valence-corrected chi connectivity index (χ4v) is 4.23. The van der Waals surface area contributed by atoms with Crippen molar-refractivity contribution in [1.29, 1.82) is 0 Å². The van der Waals surface area contributed by atoms with Gasteiger partial charge in [-0.3, -0.25) is 4.79 Å². The third-order valence-corrected chi connectivity index (χ3v) is 5.35. The van der Waals surface area contributed by atoms with Crippen molar-refractivity contribution in [3.8, 4) is 0 Å². The fraction of sp³-hybridized carbons (Fsp3) is 0.941. The van der Waals surface area contributed by atoms with Crippen LogP contribution in [0.25, 0.3) is 0 Å². The van der Waals surface area contributed by atoms with Gasteiger partial charge in [-0.1, -0.05) is 26.7 Å². The van der Waals surface area contributed by atoms with Gasteiger partial charge in [-0.05, 0) is 56.5 Å². The molecule has 1 heterocycles. The van der Waals surface area contributed by atoms with E-state index in [4.69, 9.17) is 4.74 Å². The minimum absolute atomic E-state index is 0.0986. The van der Waals surface area contributed by atoms with Crippen LogP contribution < -0.4 is 10.6 Å². The Bertz CT molecular complexity index is 343. The van der Waals surface area contributed by atoms with Crippen LogP contribution in [0.5, 0.6) is 0 Å². The molecule has 2 aliphatic rings. The maximum absolute atomic E-state index is 12.7. The third-order valence-electron chi connectivity index (χ3n) is 5.35. The normalized spacial score (nSPS) is 24.2. The van der Waals surface area contributed by atoms with Gasteiger partial charge in [0.2, 0.25) is 0 Å². The molecule has 0 bridgehead atoms. The van der Waals surface area contributed by atoms with E-state index in [1.54, 1.807) is 7.11 Å². The Balaban J connectivity index is 1.94. The molecule has 0 unspecified atom stereocenters. The number of hydrogen-bond donors (Lipinski definition) is 2. The van der Waals surface area contributed by atoms with E-state index in [1.165, 1.54) is 32.1 Å². The maximum Gasteiger partial charge on any atom is 0.252 e. The first-order valence-corrected chi connectivity index (χ1v) is 8.56. The van der Waals surface area contributed by atoms with E-state index in [9.17, 15) is 4.79 Å². The topological polar surface area (TPSA) is 50.4 Å². The maximum atomic E-state index is 12.7. The molecule has 0 atom stereocenters. The zero-order valence-electron chi connectivity index (χ0n) is 14.0. The van der Waals surface area contributed by atoms with Crippen molar-refractivity contribution in [3.63, 3.8) is 0 Å². The van der Waals surface area contributed by atoms with Gasteiger partial charge < -0.3 is 15.4 Å². The summed E-state index contributed by atoms with van der Waals surface area (Å²) in [6.45, 7) is 7.11. The molecule has 1 aliphatic heterocycles. The molecular formula is C17H32N2O2. The van der Waals surface area contributed by atoms with Crippen LogP contribution in [0.2, 0.25) is 0 Å². The van der Waals surface area contributed by atoms with Gasteiger partial charge in [0, 0.05) is 13.7 Å². The van der Waals surface area contributed by atoms with E-state index in [1.807, 2.05) is 0 Å². The molecule has 2 rings (SSSR count). The predicted octanol–water partition coefficient (Wildman–Crippen LogP) is 2.48. The molecule has 0 spiro atoms. The van der Waals surface area contributed by atoms with E-state index in [0.29, 0.717) is 11.3 Å². The molecule has 0 aromatic rings. The lowest BCUT2D eigenvalue weighted by molar-refractivity contribution is -0.147. The second-order valence-electron chi connectivity index (χ2n) is 7.44. The van der Waals surface area contributed by atoms with Gasteiger partial charge in [0.1, 0.15) is 5.60 Å². The molecule has 122 valence electrons. The number of carbonyl (C=O) groups is 1. The molecule has 21 heavy (non-hydrogen) atoms. The van der Waals surface area contributed by atoms with Gasteiger partial charge in [0.25, 0.3) is 5.91 Å². The monoisotopic (exact) mass is 296 g/mol. The highest BCUT2D eigenvalue weighted by Gasteiger charge is 2.41. The van der Waals surface area contributed by atoms with Gasteiger partial charge in [-0.15, -0.1) is 0 Å². The van der Waals surface area contributed by atoms with E-state index in [-0.39, 0.29) is 5.91 Å². The second kappa shape index (κ2) is 7.10. The Hall–Kier alpha value is -0.610. The summed E-state index contributed by atoms with van der Waals surface area (Å²) in [4.78, 5) is 12.7. The molecule has 0 aromatic carbocycles. The molecule has 4 heteroatoms. The lowest BCUT2D eigenvalue weighted by Crippen LogP contribution is -2.55. The van der Waals surface area contributed by atoms with Crippen molar-refractivity contribution < 1.29 is 9.53 Å². The predicted molar refractivity (Wildman–Crippen MR) is 85.2 cm³/mol. The smallest absolute Gasteiger partial charge is 0.252 e. The molecule has 2 fully saturated rings. The van der Waals surface area contributed by atoms with E-state index < -0.39 is 5.60 Å². The zero-order chi connectivity index (χ0) is 15.3. The largest absolute Gasteiger partial charge is 0.368 e. The Labute approximate surface area is 129 Å². The highest BCUT2D eigenvalue weighted by molar-refractivity contribution is 5.85. The number of hydrogen-bond acceptors (Lipinski definition) is 3. The van der Waals surface area contributed by atoms with E-state index in [2.05, 4.69) is 24.5 Å². The molecule has 1 saturated carbocycles. The summed E-state index contributed by atoms with van der Waals surface area (Å²) in [5, 5.41) is 6.54. The Morgan fingerprint density at radius 2 is 1.81 bits per heavy atom. The standard InChI is InChI=1S/C17H32N2O2/c1-14(2)12-16(6-4-5-7-16)13-19-15(20)17(21-3)8-10-18-11-9-17/h14,18H,4-13H2,1-3H3,(H,19,20). The van der Waals surface area contributed by atoms with E-state index >= 15 is 0 Å². The van der Waals surface area contributed by atoms with Gasteiger partial charge in [-0.25, -0.2) is 0 Å². The Morgan fingerprint density at radius 3 is 2.33 bits per heavy atom. The van der Waals surface area contributed by atoms with Crippen LogP contribution >= 0.6 is 0 Å². The van der Waals surface area contributed by atoms with Crippen molar-refractivity contribution in [2.45, 2.75) is 64.4 Å². The van der Waals surface area contributed by atoms with Crippen LogP contribution in [-0.2, 0) is 9.53 Å². The minimum Gasteiger partial charge on any atom is -0.368 e. The SMILES string of the molecule is COC1(C(=O)NCC2(CC(C)C)CCCC2)CCNCC1. The van der Waals surface area contributed by atoms with Crippen LogP contribution in [0.4, 0.5) is 0 Å². The van der Waals surface area contributed by atoms with Gasteiger partial charge in [0.05, 0.1) is 0 Å². The number of carbonyl (C=O) groups excluding carboxylic acids is 1. The van der Waals surface area contributed by atoms with Gasteiger partial charge >= 0.3 is 0 Å². The van der Waals surface area contributed by atoms with Crippen molar-refractivity contribution in [2.24, 2.45) is 11.3 Å². The summed E-state index contributed by atoms with van der Waals surface area (Å²) in [6.07, 6.45) is 7.89. The molecular weight excluding hydrogens is 264 g/mol. The Kier molecular flexibility index (Phi) is 5.67. The molecule has 2 N–H and O–H groups in total. The quantitative estimate of drug-likeness (QED) is 0.792. The Morgan fingerprint density at radius 1 is 1.19 bits per heavy atom. The summed E-state index contributed by atoms with van der Waals surface area (Å²) < 4.78 is 5.62. The molecule has 1 amide bonds. The van der Waals surface area contributed by atoms with E-state index in [0.717, 1.165) is 32.5 Å². The molecule has 0 radical (unpaired) electrons. The van der Waals surface area contributed by atoms with Crippen LogP contribution in [0.3, 0.4) is 0 Å². The number of nitrogens with one attached hydrogen (secondary N) is 2. The lowest BCUT2D eigenvalue weighted by Gasteiger charge is -2.37.